The molecule has 94 heavy (non-hydrogen) atoms. The van der Waals surface area contributed by atoms with E-state index in [-0.39, 0.29) is 0 Å². The minimum atomic E-state index is -3.34. The van der Waals surface area contributed by atoms with Crippen molar-refractivity contribution >= 4 is 101 Å². The fourth-order valence-electron chi connectivity index (χ4n) is 15.6. The van der Waals surface area contributed by atoms with Crippen molar-refractivity contribution in [1.82, 2.24) is 9.13 Å². The molecule has 17 aromatic rings. The highest BCUT2D eigenvalue weighted by molar-refractivity contribution is 7.21. The van der Waals surface area contributed by atoms with Gasteiger partial charge in [0.05, 0.1) is 27.8 Å². The highest BCUT2D eigenvalue weighted by Crippen LogP contribution is 2.43. The molecule has 0 N–H and O–H groups in total. The zero-order valence-electron chi connectivity index (χ0n) is 51.8. The molecule has 2 aromatic heterocycles. The summed E-state index contributed by atoms with van der Waals surface area (Å²) in [6.07, 6.45) is 0. The van der Waals surface area contributed by atoms with Crippen LogP contribution in [-0.2, 0) is 0 Å². The summed E-state index contributed by atoms with van der Waals surface area (Å²) in [5, 5.41) is 15.6. The number of para-hydroxylation sites is 2. The lowest BCUT2D eigenvalue weighted by Crippen LogP contribution is -2.74. The van der Waals surface area contributed by atoms with E-state index in [1.165, 1.54) is 96.3 Å². The molecule has 0 amide bonds. The molecule has 17 rings (SSSR count). The largest absolute Gasteiger partial charge is 0.309 e. The van der Waals surface area contributed by atoms with E-state index in [1.54, 1.807) is 0 Å². The van der Waals surface area contributed by atoms with E-state index < -0.39 is 16.1 Å². The summed E-state index contributed by atoms with van der Waals surface area (Å²) >= 11 is 0. The van der Waals surface area contributed by atoms with Crippen molar-refractivity contribution in [2.45, 2.75) is 0 Å². The minimum Gasteiger partial charge on any atom is -0.309 e. The normalized spacial score (nSPS) is 11.8. The van der Waals surface area contributed by atoms with Gasteiger partial charge in [-0.3, -0.25) is 0 Å². The smallest absolute Gasteiger partial charge is 0.180 e. The molecule has 0 aliphatic heterocycles. The van der Waals surface area contributed by atoms with Gasteiger partial charge in [0.2, 0.25) is 0 Å². The van der Waals surface area contributed by atoms with E-state index in [1.807, 2.05) is 0 Å². The summed E-state index contributed by atoms with van der Waals surface area (Å²) in [6, 6.07) is 146. The van der Waals surface area contributed by atoms with Crippen molar-refractivity contribution in [3.05, 3.63) is 388 Å². The van der Waals surface area contributed by atoms with E-state index in [4.69, 9.17) is 0 Å². The van der Waals surface area contributed by atoms with E-state index in [9.17, 15) is 0 Å². The summed E-state index contributed by atoms with van der Waals surface area (Å²) in [5.41, 5.74) is 16.3. The van der Waals surface area contributed by atoms with Gasteiger partial charge in [-0.05, 0) is 117 Å². The van der Waals surface area contributed by atoms with Crippen LogP contribution >= 0.6 is 0 Å². The Labute approximate surface area is 550 Å². The third-order valence-electron chi connectivity index (χ3n) is 19.6. The number of rotatable bonds is 14. The molecule has 0 radical (unpaired) electrons. The van der Waals surface area contributed by atoms with Gasteiger partial charge in [-0.25, -0.2) is 0 Å². The van der Waals surface area contributed by atoms with Gasteiger partial charge >= 0.3 is 0 Å². The number of fused-ring (bicyclic) bond motifs is 6. The number of benzene rings is 15. The van der Waals surface area contributed by atoms with Crippen LogP contribution in [0.3, 0.4) is 0 Å². The highest BCUT2D eigenvalue weighted by atomic mass is 28.3. The maximum absolute atomic E-state index is 3.34. The first-order chi connectivity index (χ1) is 46.7. The monoisotopic (exact) mass is 1230 g/mol. The van der Waals surface area contributed by atoms with Crippen molar-refractivity contribution in [2.24, 2.45) is 0 Å². The predicted molar refractivity (Wildman–Crippen MR) is 404 cm³/mol. The van der Waals surface area contributed by atoms with Crippen LogP contribution in [-0.4, -0.2) is 25.3 Å². The summed E-state index contributed by atoms with van der Waals surface area (Å²) in [4.78, 5) is 0. The Bertz CT molecular complexity index is 5310. The van der Waals surface area contributed by atoms with Crippen molar-refractivity contribution in [2.75, 3.05) is 0 Å². The van der Waals surface area contributed by atoms with Gasteiger partial charge < -0.3 is 9.13 Å². The topological polar surface area (TPSA) is 9.86 Å². The lowest BCUT2D eigenvalue weighted by molar-refractivity contribution is 1.17. The number of hydrogen-bond donors (Lipinski definition) is 0. The second-order valence-electron chi connectivity index (χ2n) is 24.6. The number of hydrogen-bond acceptors (Lipinski definition) is 0. The quantitative estimate of drug-likeness (QED) is 0.0759. The molecule has 0 atom stereocenters. The van der Waals surface area contributed by atoms with E-state index >= 15 is 0 Å². The zero-order valence-corrected chi connectivity index (χ0v) is 53.8. The maximum Gasteiger partial charge on any atom is 0.180 e. The van der Waals surface area contributed by atoms with Gasteiger partial charge in [-0.1, -0.05) is 346 Å². The Kier molecular flexibility index (Phi) is 14.3. The number of nitrogens with zero attached hydrogens (tertiary/aromatic N) is 2. The van der Waals surface area contributed by atoms with Crippen LogP contribution in [0.5, 0.6) is 0 Å². The highest BCUT2D eigenvalue weighted by Gasteiger charge is 2.45. The first-order valence-electron chi connectivity index (χ1n) is 32.6. The van der Waals surface area contributed by atoms with Gasteiger partial charge in [0.25, 0.3) is 0 Å². The molecule has 4 heteroatoms. The van der Waals surface area contributed by atoms with Gasteiger partial charge in [-0.2, -0.15) is 0 Å². The molecule has 0 unspecified atom stereocenters. The molecule has 442 valence electrons. The summed E-state index contributed by atoms with van der Waals surface area (Å²) in [5.74, 6) is 0. The van der Waals surface area contributed by atoms with Gasteiger partial charge in [-0.15, -0.1) is 0 Å². The fourth-order valence-corrected chi connectivity index (χ4v) is 25.4. The van der Waals surface area contributed by atoms with Gasteiger partial charge in [0.1, 0.15) is 0 Å². The van der Waals surface area contributed by atoms with Crippen molar-refractivity contribution in [3.8, 4) is 55.9 Å². The molecule has 2 heterocycles. The predicted octanol–water partition coefficient (Wildman–Crippen LogP) is 17.3. The van der Waals surface area contributed by atoms with Crippen molar-refractivity contribution in [3.63, 3.8) is 0 Å². The third kappa shape index (κ3) is 9.29. The molecule has 0 saturated carbocycles. The molecular weight excluding hydrogens is 1170 g/mol. The van der Waals surface area contributed by atoms with Crippen LogP contribution in [0.2, 0.25) is 0 Å². The SMILES string of the molecule is c1ccc(-c2cc(-c3ccccc3)cc([Si](c3ccccc3)(c3ccccc3)c3cc(-c4ccccc4)c(-n4c5ccccc5c5cc(-n6c7ccccc7c7c([Si](c8ccccc8)(c8ccccc8)c8ccccc8)cccc76)ccc54)c(-c4ccccc4)c3)c2)cc1. The molecule has 0 aliphatic carbocycles. The van der Waals surface area contributed by atoms with Crippen LogP contribution in [0.1, 0.15) is 0 Å². The van der Waals surface area contributed by atoms with Crippen LogP contribution < -0.4 is 41.5 Å². The average molecular weight is 1230 g/mol. The molecule has 0 fully saturated rings. The lowest BCUT2D eigenvalue weighted by atomic mass is 9.95. The fraction of sp³-hybridized carbons (Fsp3) is 0. The summed E-state index contributed by atoms with van der Waals surface area (Å²) in [6.45, 7) is 0. The molecule has 0 spiro atoms. The second-order valence-corrected chi connectivity index (χ2v) is 32.2. The van der Waals surface area contributed by atoms with Crippen LogP contribution in [0.25, 0.3) is 99.5 Å². The minimum absolute atomic E-state index is 1.11. The number of aromatic nitrogens is 2. The third-order valence-corrected chi connectivity index (χ3v) is 29.1. The maximum atomic E-state index is 2.59. The Balaban J connectivity index is 0.954. The Morgan fingerprint density at radius 2 is 0.543 bits per heavy atom. The molecule has 0 aliphatic rings. The molecule has 0 saturated heterocycles. The van der Waals surface area contributed by atoms with E-state index in [0.29, 0.717) is 0 Å². The Morgan fingerprint density at radius 3 is 1.00 bits per heavy atom. The van der Waals surface area contributed by atoms with Gasteiger partial charge in [0.15, 0.2) is 16.1 Å². The Hall–Kier alpha value is -11.7. The van der Waals surface area contributed by atoms with Crippen LogP contribution in [0.15, 0.2) is 388 Å². The first kappa shape index (κ1) is 56.3. The summed E-state index contributed by atoms with van der Waals surface area (Å²) < 4.78 is 5.12. The van der Waals surface area contributed by atoms with Crippen LogP contribution in [0.4, 0.5) is 0 Å². The molecule has 2 nitrogen and oxygen atoms in total. The lowest BCUT2D eigenvalue weighted by Gasteiger charge is -2.36. The molecule has 15 aromatic carbocycles. The van der Waals surface area contributed by atoms with Crippen molar-refractivity contribution < 1.29 is 0 Å². The van der Waals surface area contributed by atoms with Crippen molar-refractivity contribution in [1.29, 1.82) is 0 Å². The average Bonchev–Trinajstić information content (AvgIpc) is 1.31. The zero-order chi connectivity index (χ0) is 62.4. The first-order valence-corrected chi connectivity index (χ1v) is 36.6. The Morgan fingerprint density at radius 1 is 0.191 bits per heavy atom. The standard InChI is InChI=1S/C90H64N2Si2/c1-10-33-65(34-11-1)69-59-70(66-35-12-2-13-36-66)61-77(60-69)93(72-41-18-5-19-42-72,73-43-20-6-21-44-73)78-63-81(67-37-14-3-15-38-67)90(82(64-78)68-39-16-4-17-40-68)92-84-53-30-28-51-79(84)83-62-71(57-58-86(83)92)91-85-54-31-29-52-80(85)89-87(91)55-32-56-88(89)94(74-45-22-7-23-46-74,75-47-24-8-25-48-75)76-49-26-9-27-50-76/h1-64H. The molecular formula is C90H64N2Si2. The van der Waals surface area contributed by atoms with E-state index in [0.717, 1.165) is 44.7 Å². The summed E-state index contributed by atoms with van der Waals surface area (Å²) in [7, 11) is -6.31. The second kappa shape index (κ2) is 23.9. The molecule has 0 bridgehead atoms. The van der Waals surface area contributed by atoms with Crippen LogP contribution in [0, 0.1) is 0 Å². The van der Waals surface area contributed by atoms with E-state index in [2.05, 4.69) is 397 Å². The van der Waals surface area contributed by atoms with Gasteiger partial charge in [0, 0.05) is 38.4 Å².